The van der Waals surface area contributed by atoms with Crippen LogP contribution in [-0.2, 0) is 0 Å². The number of allylic oxidation sites excluding steroid dienone is 2. The second kappa shape index (κ2) is 6.60. The Morgan fingerprint density at radius 1 is 0.960 bits per heavy atom. The van der Waals surface area contributed by atoms with Crippen LogP contribution in [0.15, 0.2) is 41.0 Å². The van der Waals surface area contributed by atoms with Crippen LogP contribution in [0.5, 0.6) is 0 Å². The normalized spacial score (nSPS) is 33.0. The molecular formula is C22H32BClSi. The van der Waals surface area contributed by atoms with Gasteiger partial charge in [0.1, 0.15) is 0 Å². The van der Waals surface area contributed by atoms with Crippen molar-refractivity contribution in [1.29, 1.82) is 0 Å². The van der Waals surface area contributed by atoms with Crippen LogP contribution >= 0.6 is 11.1 Å². The maximum atomic E-state index is 7.60. The molecule has 3 heteroatoms. The van der Waals surface area contributed by atoms with Gasteiger partial charge in [0.2, 0.25) is 7.38 Å². The number of hydrogen-bond donors (Lipinski definition) is 0. The molecule has 3 aliphatic heterocycles. The van der Waals surface area contributed by atoms with Crippen LogP contribution in [-0.4, -0.2) is 14.1 Å². The van der Waals surface area contributed by atoms with Crippen LogP contribution in [0.1, 0.15) is 65.7 Å². The first-order valence-corrected chi connectivity index (χ1v) is 13.6. The lowest BCUT2D eigenvalue weighted by atomic mass is 9.24. The van der Waals surface area contributed by atoms with Gasteiger partial charge in [-0.3, -0.25) is 0 Å². The summed E-state index contributed by atoms with van der Waals surface area (Å²) in [5.41, 5.74) is 2.02. The van der Waals surface area contributed by atoms with Crippen molar-refractivity contribution in [1.82, 2.24) is 0 Å². The summed E-state index contributed by atoms with van der Waals surface area (Å²) in [5, 5.41) is 3.15. The summed E-state index contributed by atoms with van der Waals surface area (Å²) in [5.74, 6) is 1.90. The molecule has 25 heavy (non-hydrogen) atoms. The Balaban J connectivity index is 1.83. The highest BCUT2D eigenvalue weighted by Gasteiger charge is 2.52. The zero-order chi connectivity index (χ0) is 17.7. The molecule has 2 fully saturated rings. The first-order chi connectivity index (χ1) is 11.9. The summed E-state index contributed by atoms with van der Waals surface area (Å²) in [6, 6.07) is 12.3. The number of benzene rings is 1. The molecule has 1 unspecified atom stereocenters. The maximum absolute atomic E-state index is 7.60. The number of hydrogen-bond acceptors (Lipinski definition) is 0. The van der Waals surface area contributed by atoms with Crippen LogP contribution in [0.4, 0.5) is 0 Å². The first kappa shape index (κ1) is 17.9. The average Bonchev–Trinajstić information content (AvgIpc) is 2.94. The molecule has 2 saturated heterocycles. The third-order valence-electron chi connectivity index (χ3n) is 7.16. The quantitative estimate of drug-likeness (QED) is 0.411. The van der Waals surface area contributed by atoms with E-state index in [0.29, 0.717) is 0 Å². The fraction of sp³-hybridized carbons (Fsp3) is 0.636. The Labute approximate surface area is 160 Å². The highest BCUT2D eigenvalue weighted by molar-refractivity contribution is 7.32. The van der Waals surface area contributed by atoms with Crippen molar-refractivity contribution < 1.29 is 0 Å². The topological polar surface area (TPSA) is 0 Å². The summed E-state index contributed by atoms with van der Waals surface area (Å²) >= 11 is 7.60. The van der Waals surface area contributed by atoms with E-state index in [1.165, 1.54) is 56.2 Å². The van der Waals surface area contributed by atoms with Gasteiger partial charge in [0.05, 0.1) is 0 Å². The molecule has 0 N–H and O–H groups in total. The zero-order valence-electron chi connectivity index (χ0n) is 16.2. The van der Waals surface area contributed by atoms with Crippen molar-refractivity contribution >= 4 is 30.4 Å². The molecule has 0 aromatic heterocycles. The minimum atomic E-state index is -2.07. The van der Waals surface area contributed by atoms with Gasteiger partial charge in [-0.15, -0.1) is 5.47 Å². The van der Waals surface area contributed by atoms with Crippen molar-refractivity contribution in [3.05, 3.63) is 41.0 Å². The minimum absolute atomic E-state index is 0.196. The molecule has 2 bridgehead atoms. The van der Waals surface area contributed by atoms with E-state index in [2.05, 4.69) is 51.1 Å². The molecule has 3 heterocycles. The summed E-state index contributed by atoms with van der Waals surface area (Å²) in [7, 11) is -2.07. The number of fused-ring (bicyclic) bond motifs is 2. The SMILES string of the molecule is CC(C)(C)C1=C(B2C3CCCC2CCC3)CC[Si]1(Cl)c1ccccc1. The third-order valence-corrected chi connectivity index (χ3v) is 13.0. The molecule has 0 amide bonds. The van der Waals surface area contributed by atoms with Crippen LogP contribution in [0.3, 0.4) is 0 Å². The Kier molecular flexibility index (Phi) is 4.73. The molecule has 0 saturated carbocycles. The molecule has 4 rings (SSSR count). The Bertz CT molecular complexity index is 640. The highest BCUT2D eigenvalue weighted by Crippen LogP contribution is 2.55. The number of rotatable bonds is 2. The van der Waals surface area contributed by atoms with Gasteiger partial charge in [-0.1, -0.05) is 106 Å². The molecule has 0 radical (unpaired) electrons. The van der Waals surface area contributed by atoms with Gasteiger partial charge in [-0.25, -0.2) is 0 Å². The molecule has 1 aromatic carbocycles. The van der Waals surface area contributed by atoms with Gasteiger partial charge < -0.3 is 0 Å². The minimum Gasteiger partial charge on any atom is -0.155 e. The maximum Gasteiger partial charge on any atom is 0.213 e. The molecule has 1 atom stereocenters. The van der Waals surface area contributed by atoms with E-state index < -0.39 is 7.38 Å². The molecule has 134 valence electrons. The molecule has 0 nitrogen and oxygen atoms in total. The summed E-state index contributed by atoms with van der Waals surface area (Å²) in [6.07, 6.45) is 10.1. The van der Waals surface area contributed by atoms with Gasteiger partial charge in [0.15, 0.2) is 6.71 Å². The van der Waals surface area contributed by atoms with Crippen molar-refractivity contribution in [3.63, 3.8) is 0 Å². The standard InChI is InChI=1S/C22H32BClSi/c1-22(2,3)21-20(23-17-9-7-10-18(23)12-8-11-17)15-16-25(21,24)19-13-5-4-6-14-19/h4-6,13-14,17-18H,7-12,15-16H2,1-3H3. The van der Waals surface area contributed by atoms with Gasteiger partial charge >= 0.3 is 0 Å². The van der Waals surface area contributed by atoms with Gasteiger partial charge in [0, 0.05) is 0 Å². The summed E-state index contributed by atoms with van der Waals surface area (Å²) in [6.45, 7) is 8.10. The molecule has 1 aromatic rings. The Morgan fingerprint density at radius 2 is 1.52 bits per heavy atom. The van der Waals surface area contributed by atoms with E-state index in [4.69, 9.17) is 11.1 Å². The second-order valence-corrected chi connectivity index (χ2v) is 14.8. The molecule has 3 aliphatic rings. The lowest BCUT2D eigenvalue weighted by Gasteiger charge is -2.43. The fourth-order valence-electron chi connectivity index (χ4n) is 6.46. The van der Waals surface area contributed by atoms with E-state index in [0.717, 1.165) is 18.3 Å². The van der Waals surface area contributed by atoms with Crippen LogP contribution in [0, 0.1) is 5.41 Å². The molecule has 0 aliphatic carbocycles. The van der Waals surface area contributed by atoms with E-state index in [1.807, 2.05) is 5.47 Å². The molecule has 0 spiro atoms. The van der Waals surface area contributed by atoms with Crippen molar-refractivity contribution in [3.8, 4) is 0 Å². The Morgan fingerprint density at radius 3 is 2.04 bits per heavy atom. The lowest BCUT2D eigenvalue weighted by Crippen LogP contribution is -2.47. The van der Waals surface area contributed by atoms with Crippen LogP contribution < -0.4 is 5.19 Å². The van der Waals surface area contributed by atoms with Gasteiger partial charge in [0.25, 0.3) is 0 Å². The zero-order valence-corrected chi connectivity index (χ0v) is 17.9. The monoisotopic (exact) mass is 370 g/mol. The van der Waals surface area contributed by atoms with Gasteiger partial charge in [-0.05, 0) is 23.1 Å². The summed E-state index contributed by atoms with van der Waals surface area (Å²) in [4.78, 5) is 0. The highest BCUT2D eigenvalue weighted by atomic mass is 35.6. The van der Waals surface area contributed by atoms with E-state index in [-0.39, 0.29) is 5.41 Å². The predicted molar refractivity (Wildman–Crippen MR) is 115 cm³/mol. The number of halogens is 1. The fourth-order valence-corrected chi connectivity index (χ4v) is 12.5. The average molecular weight is 371 g/mol. The van der Waals surface area contributed by atoms with Gasteiger partial charge in [-0.2, -0.15) is 11.1 Å². The molecular weight excluding hydrogens is 339 g/mol. The third kappa shape index (κ3) is 3.08. The van der Waals surface area contributed by atoms with Crippen molar-refractivity contribution in [2.45, 2.75) is 83.4 Å². The smallest absolute Gasteiger partial charge is 0.155 e. The van der Waals surface area contributed by atoms with E-state index in [9.17, 15) is 0 Å². The van der Waals surface area contributed by atoms with Crippen molar-refractivity contribution in [2.75, 3.05) is 0 Å². The first-order valence-electron chi connectivity index (χ1n) is 10.4. The van der Waals surface area contributed by atoms with E-state index in [1.54, 1.807) is 5.20 Å². The largest absolute Gasteiger partial charge is 0.213 e. The van der Waals surface area contributed by atoms with E-state index >= 15 is 0 Å². The second-order valence-electron chi connectivity index (χ2n) is 9.73. The van der Waals surface area contributed by atoms with Crippen molar-refractivity contribution in [2.24, 2.45) is 5.41 Å². The Hall–Kier alpha value is -0.468. The van der Waals surface area contributed by atoms with Crippen LogP contribution in [0.2, 0.25) is 17.7 Å². The lowest BCUT2D eigenvalue weighted by molar-refractivity contribution is 0.444. The van der Waals surface area contributed by atoms with Crippen LogP contribution in [0.25, 0.3) is 0 Å². The summed E-state index contributed by atoms with van der Waals surface area (Å²) < 4.78 is 0. The predicted octanol–water partition coefficient (Wildman–Crippen LogP) is 6.51.